The molecule has 2 aromatic rings. The second kappa shape index (κ2) is 9.34. The maximum absolute atomic E-state index is 13.3. The average Bonchev–Trinajstić information content (AvgIpc) is 2.81. The largest absolute Gasteiger partial charge is 0.294 e. The molecule has 0 saturated carbocycles. The molecule has 0 radical (unpaired) electrons. The number of hydrogen-bond donors (Lipinski definition) is 0. The Labute approximate surface area is 168 Å². The highest BCUT2D eigenvalue weighted by atomic mass is 35.5. The van der Waals surface area contributed by atoms with Gasteiger partial charge < -0.3 is 0 Å². The maximum Gasteiger partial charge on any atom is 0.170 e. The van der Waals surface area contributed by atoms with Crippen LogP contribution in [0.5, 0.6) is 0 Å². The monoisotopic (exact) mass is 401 g/mol. The number of ketones is 1. The molecule has 2 heterocycles. The molecule has 0 bridgehead atoms. The van der Waals surface area contributed by atoms with Crippen molar-refractivity contribution in [1.82, 2.24) is 4.98 Å². The van der Waals surface area contributed by atoms with Gasteiger partial charge in [0.1, 0.15) is 5.82 Å². The van der Waals surface area contributed by atoms with E-state index >= 15 is 0 Å². The molecule has 0 amide bonds. The van der Waals surface area contributed by atoms with Gasteiger partial charge in [-0.15, -0.1) is 0 Å². The smallest absolute Gasteiger partial charge is 0.170 e. The van der Waals surface area contributed by atoms with E-state index < -0.39 is 0 Å². The minimum Gasteiger partial charge on any atom is -0.294 e. The SMILES string of the molecule is CC1=C(c2cccnc2)SC(C(=O)CCCc2cccc(F)c2)=C(Cl)CC1. The number of rotatable bonds is 6. The topological polar surface area (TPSA) is 30.0 Å². The van der Waals surface area contributed by atoms with Gasteiger partial charge in [-0.25, -0.2) is 4.39 Å². The van der Waals surface area contributed by atoms with Gasteiger partial charge in [-0.3, -0.25) is 9.78 Å². The number of carbonyl (C=O) groups excluding carboxylic acids is 1. The van der Waals surface area contributed by atoms with E-state index in [9.17, 15) is 9.18 Å². The van der Waals surface area contributed by atoms with Crippen LogP contribution >= 0.6 is 23.4 Å². The van der Waals surface area contributed by atoms with Gasteiger partial charge in [0.15, 0.2) is 5.78 Å². The summed E-state index contributed by atoms with van der Waals surface area (Å²) in [4.78, 5) is 18.7. The molecule has 1 aromatic carbocycles. The van der Waals surface area contributed by atoms with Gasteiger partial charge in [-0.1, -0.05) is 47.1 Å². The van der Waals surface area contributed by atoms with Crippen LogP contribution in [0.3, 0.4) is 0 Å². The predicted molar refractivity (Wildman–Crippen MR) is 111 cm³/mol. The highest BCUT2D eigenvalue weighted by Gasteiger charge is 2.22. The number of hydrogen-bond acceptors (Lipinski definition) is 3. The number of Topliss-reactive ketones (excluding diaryl/α,β-unsaturated/α-hetero) is 1. The van der Waals surface area contributed by atoms with Crippen molar-refractivity contribution in [3.8, 4) is 0 Å². The number of carbonyl (C=O) groups is 1. The standard InChI is InChI=1S/C22H21ClFNOS/c1-15-10-11-19(23)22(27-21(15)17-7-4-12-25-14-17)20(26)9-3-6-16-5-2-8-18(24)13-16/h2,4-5,7-8,12-14H,3,6,9-11H2,1H3. The number of halogens is 2. The van der Waals surface area contributed by atoms with E-state index in [0.717, 1.165) is 22.5 Å². The minimum atomic E-state index is -0.245. The van der Waals surface area contributed by atoms with Crippen molar-refractivity contribution in [3.05, 3.63) is 81.2 Å². The van der Waals surface area contributed by atoms with Crippen LogP contribution in [0.4, 0.5) is 4.39 Å². The molecule has 1 aliphatic heterocycles. The van der Waals surface area contributed by atoms with Gasteiger partial charge in [-0.2, -0.15) is 0 Å². The number of thioether (sulfide) groups is 1. The third-order valence-corrected chi connectivity index (χ3v) is 6.45. The van der Waals surface area contributed by atoms with Crippen LogP contribution in [0, 0.1) is 5.82 Å². The van der Waals surface area contributed by atoms with Crippen LogP contribution in [0.1, 0.15) is 43.7 Å². The van der Waals surface area contributed by atoms with Gasteiger partial charge in [0.2, 0.25) is 0 Å². The molecule has 1 aromatic heterocycles. The first-order valence-electron chi connectivity index (χ1n) is 8.99. The lowest BCUT2D eigenvalue weighted by atomic mass is 10.1. The van der Waals surface area contributed by atoms with E-state index in [1.807, 2.05) is 24.4 Å². The summed E-state index contributed by atoms with van der Waals surface area (Å²) < 4.78 is 13.3. The first kappa shape index (κ1) is 19.8. The molecule has 3 rings (SSSR count). The van der Waals surface area contributed by atoms with Crippen LogP contribution in [-0.4, -0.2) is 10.8 Å². The van der Waals surface area contributed by atoms with Crippen molar-refractivity contribution in [2.45, 2.75) is 39.0 Å². The quantitative estimate of drug-likeness (QED) is 0.551. The molecule has 0 aliphatic carbocycles. The van der Waals surface area contributed by atoms with Crippen molar-refractivity contribution in [1.29, 1.82) is 0 Å². The van der Waals surface area contributed by atoms with Crippen molar-refractivity contribution >= 4 is 34.1 Å². The summed E-state index contributed by atoms with van der Waals surface area (Å²) in [5.41, 5.74) is 3.13. The lowest BCUT2D eigenvalue weighted by molar-refractivity contribution is -0.115. The van der Waals surface area contributed by atoms with E-state index in [2.05, 4.69) is 11.9 Å². The van der Waals surface area contributed by atoms with Crippen molar-refractivity contribution in [2.75, 3.05) is 0 Å². The summed E-state index contributed by atoms with van der Waals surface area (Å²) in [7, 11) is 0. The fourth-order valence-corrected chi connectivity index (χ4v) is 4.50. The molecule has 0 saturated heterocycles. The summed E-state index contributed by atoms with van der Waals surface area (Å²) in [5, 5.41) is 0.633. The molecule has 1 aliphatic rings. The van der Waals surface area contributed by atoms with Crippen LogP contribution in [0.2, 0.25) is 0 Å². The molecular weight excluding hydrogens is 381 g/mol. The predicted octanol–water partition coefficient (Wildman–Crippen LogP) is 6.52. The van der Waals surface area contributed by atoms with E-state index in [4.69, 9.17) is 11.6 Å². The van der Waals surface area contributed by atoms with Crippen LogP contribution < -0.4 is 0 Å². The number of aromatic nitrogens is 1. The molecular formula is C22H21ClFNOS. The Morgan fingerprint density at radius 3 is 2.85 bits per heavy atom. The zero-order chi connectivity index (χ0) is 19.2. The van der Waals surface area contributed by atoms with Crippen LogP contribution in [-0.2, 0) is 11.2 Å². The van der Waals surface area contributed by atoms with E-state index in [-0.39, 0.29) is 11.6 Å². The first-order valence-corrected chi connectivity index (χ1v) is 10.2. The Hall–Kier alpha value is -1.91. The molecule has 2 nitrogen and oxygen atoms in total. The van der Waals surface area contributed by atoms with Crippen LogP contribution in [0.25, 0.3) is 4.91 Å². The molecule has 27 heavy (non-hydrogen) atoms. The third-order valence-electron chi connectivity index (χ3n) is 4.49. The number of pyridine rings is 1. The number of aryl methyl sites for hydroxylation is 1. The Morgan fingerprint density at radius 1 is 1.26 bits per heavy atom. The fraction of sp³-hybridized carbons (Fsp3) is 0.273. The molecule has 0 atom stereocenters. The highest BCUT2D eigenvalue weighted by Crippen LogP contribution is 2.44. The maximum atomic E-state index is 13.3. The summed E-state index contributed by atoms with van der Waals surface area (Å²) in [6.45, 7) is 2.08. The molecule has 0 fully saturated rings. The zero-order valence-corrected chi connectivity index (χ0v) is 16.7. The molecule has 140 valence electrons. The zero-order valence-electron chi connectivity index (χ0n) is 15.2. The Kier molecular flexibility index (Phi) is 6.86. The summed E-state index contributed by atoms with van der Waals surface area (Å²) in [6.07, 6.45) is 6.80. The first-order chi connectivity index (χ1) is 13.0. The molecule has 5 heteroatoms. The van der Waals surface area contributed by atoms with E-state index in [1.54, 1.807) is 12.3 Å². The van der Waals surface area contributed by atoms with Crippen LogP contribution in [0.15, 0.2) is 64.3 Å². The summed E-state index contributed by atoms with van der Waals surface area (Å²) >= 11 is 7.92. The third kappa shape index (κ3) is 5.30. The van der Waals surface area contributed by atoms with Gasteiger partial charge >= 0.3 is 0 Å². The number of benzene rings is 1. The minimum absolute atomic E-state index is 0.0532. The van der Waals surface area contributed by atoms with Gasteiger partial charge in [-0.05, 0) is 56.4 Å². The number of allylic oxidation sites excluding steroid dienone is 3. The molecule has 0 N–H and O–H groups in total. The van der Waals surface area contributed by atoms with Crippen molar-refractivity contribution < 1.29 is 9.18 Å². The van der Waals surface area contributed by atoms with Gasteiger partial charge in [0.05, 0.1) is 4.91 Å². The van der Waals surface area contributed by atoms with Crippen molar-refractivity contribution in [3.63, 3.8) is 0 Å². The van der Waals surface area contributed by atoms with Gasteiger partial charge in [0.25, 0.3) is 0 Å². The molecule has 0 spiro atoms. The van der Waals surface area contributed by atoms with E-state index in [0.29, 0.717) is 35.6 Å². The Balaban J connectivity index is 1.69. The molecule has 0 unspecified atom stereocenters. The van der Waals surface area contributed by atoms with E-state index in [1.165, 1.54) is 29.5 Å². The Morgan fingerprint density at radius 2 is 2.11 bits per heavy atom. The average molecular weight is 402 g/mol. The van der Waals surface area contributed by atoms with Crippen molar-refractivity contribution in [2.24, 2.45) is 0 Å². The second-order valence-corrected chi connectivity index (χ2v) is 8.07. The highest BCUT2D eigenvalue weighted by molar-refractivity contribution is 8.12. The van der Waals surface area contributed by atoms with Gasteiger partial charge in [0, 0.05) is 34.3 Å². The summed E-state index contributed by atoms with van der Waals surface area (Å²) in [6, 6.07) is 10.4. The Bertz CT molecular complexity index is 892. The lowest BCUT2D eigenvalue weighted by Crippen LogP contribution is -2.02. The second-order valence-electron chi connectivity index (χ2n) is 6.59. The normalized spacial score (nSPS) is 15.1. The number of nitrogens with zero attached hydrogens (tertiary/aromatic N) is 1. The lowest BCUT2D eigenvalue weighted by Gasteiger charge is -2.11. The fourth-order valence-electron chi connectivity index (χ4n) is 3.04. The summed E-state index contributed by atoms with van der Waals surface area (Å²) in [5.74, 6) is -0.192.